The first-order chi connectivity index (χ1) is 14.2. The zero-order valence-corrected chi connectivity index (χ0v) is 18.1. The van der Waals surface area contributed by atoms with Crippen molar-refractivity contribution >= 4 is 23.9 Å². The van der Waals surface area contributed by atoms with Crippen LogP contribution in [0.15, 0.2) is 54.6 Å². The molecule has 1 aliphatic carbocycles. The van der Waals surface area contributed by atoms with Gasteiger partial charge in [-0.25, -0.2) is 0 Å². The van der Waals surface area contributed by atoms with Crippen LogP contribution in [0.1, 0.15) is 35.1 Å². The van der Waals surface area contributed by atoms with Gasteiger partial charge in [-0.1, -0.05) is 54.6 Å². The van der Waals surface area contributed by atoms with E-state index < -0.39 is 5.97 Å². The third kappa shape index (κ3) is 5.31. The van der Waals surface area contributed by atoms with Gasteiger partial charge in [0.1, 0.15) is 0 Å². The molecule has 0 radical (unpaired) electrons. The maximum absolute atomic E-state index is 11.2. The molecule has 1 fully saturated rings. The number of carboxylic acid groups (broad SMARTS) is 1. The smallest absolute Gasteiger partial charge is 0.307 e. The molecular formula is C25H30ClNO3. The molecule has 0 aromatic heterocycles. The number of benzene rings is 2. The van der Waals surface area contributed by atoms with Gasteiger partial charge in [-0.2, -0.15) is 0 Å². The summed E-state index contributed by atoms with van der Waals surface area (Å²) in [7, 11) is 0. The van der Waals surface area contributed by atoms with E-state index in [2.05, 4.69) is 59.5 Å². The molecule has 2 aromatic rings. The number of nitrogens with zero attached hydrogens (tertiary/aromatic N) is 1. The predicted molar refractivity (Wildman–Crippen MR) is 122 cm³/mol. The summed E-state index contributed by atoms with van der Waals surface area (Å²) in [6.07, 6.45) is 6.07. The van der Waals surface area contributed by atoms with E-state index in [1.165, 1.54) is 27.8 Å². The van der Waals surface area contributed by atoms with Gasteiger partial charge >= 0.3 is 5.97 Å². The van der Waals surface area contributed by atoms with Gasteiger partial charge in [0.25, 0.3) is 0 Å². The van der Waals surface area contributed by atoms with Crippen LogP contribution in [0.4, 0.5) is 0 Å². The van der Waals surface area contributed by atoms with Gasteiger partial charge in [-0.3, -0.25) is 4.79 Å². The number of carboxylic acids is 1. The summed E-state index contributed by atoms with van der Waals surface area (Å²) in [4.78, 5) is 13.4. The first kappa shape index (κ1) is 22.5. The topological polar surface area (TPSA) is 49.8 Å². The zero-order chi connectivity index (χ0) is 20.1. The van der Waals surface area contributed by atoms with Crippen molar-refractivity contribution in [2.45, 2.75) is 25.7 Å². The molecule has 2 aromatic carbocycles. The fourth-order valence-electron chi connectivity index (χ4n) is 4.52. The number of carbonyl (C=O) groups is 1. The van der Waals surface area contributed by atoms with Crippen LogP contribution in [-0.2, 0) is 22.4 Å². The molecule has 1 N–H and O–H groups in total. The molecule has 2 aliphatic rings. The second-order valence-corrected chi connectivity index (χ2v) is 7.99. The predicted octanol–water partition coefficient (Wildman–Crippen LogP) is 4.45. The van der Waals surface area contributed by atoms with Gasteiger partial charge in [0.05, 0.1) is 19.1 Å². The number of likely N-dealkylation sites (tertiary alicyclic amines) is 1. The number of hydrogen-bond acceptors (Lipinski definition) is 3. The largest absolute Gasteiger partial charge is 0.481 e. The molecule has 0 spiro atoms. The van der Waals surface area contributed by atoms with Crippen molar-refractivity contribution in [1.82, 2.24) is 4.90 Å². The van der Waals surface area contributed by atoms with Crippen LogP contribution in [0.25, 0.3) is 5.57 Å². The lowest BCUT2D eigenvalue weighted by atomic mass is 9.94. The molecule has 0 bridgehead atoms. The fourth-order valence-corrected chi connectivity index (χ4v) is 4.52. The summed E-state index contributed by atoms with van der Waals surface area (Å²) in [5.41, 5.74) is 6.66. The van der Waals surface area contributed by atoms with Crippen molar-refractivity contribution in [2.24, 2.45) is 5.92 Å². The third-order valence-electron chi connectivity index (χ3n) is 6.09. The maximum Gasteiger partial charge on any atom is 0.307 e. The average Bonchev–Trinajstić information content (AvgIpc) is 2.91. The van der Waals surface area contributed by atoms with E-state index in [4.69, 9.17) is 4.74 Å². The highest BCUT2D eigenvalue weighted by Gasteiger charge is 2.24. The Labute approximate surface area is 185 Å². The molecule has 1 saturated heterocycles. The van der Waals surface area contributed by atoms with Crippen LogP contribution in [0.2, 0.25) is 0 Å². The normalized spacial score (nSPS) is 18.5. The van der Waals surface area contributed by atoms with Crippen molar-refractivity contribution in [3.63, 3.8) is 0 Å². The minimum atomic E-state index is -0.675. The van der Waals surface area contributed by atoms with E-state index in [1.807, 2.05) is 0 Å². The van der Waals surface area contributed by atoms with Crippen LogP contribution < -0.4 is 0 Å². The highest BCUT2D eigenvalue weighted by atomic mass is 35.5. The van der Waals surface area contributed by atoms with Crippen LogP contribution >= 0.6 is 12.4 Å². The molecule has 0 saturated carbocycles. The van der Waals surface area contributed by atoms with Crippen LogP contribution in [0.3, 0.4) is 0 Å². The minimum Gasteiger partial charge on any atom is -0.481 e. The Bertz CT molecular complexity index is 846. The van der Waals surface area contributed by atoms with E-state index in [1.54, 1.807) is 0 Å². The van der Waals surface area contributed by atoms with Crippen LogP contribution in [0, 0.1) is 5.92 Å². The second kappa shape index (κ2) is 10.8. The standard InChI is InChI=1S/C25H29NO3.ClH/c27-25(28)21-8-5-14-26(18-21)15-17-29-16-13-24-22-9-3-1-6-19(22)11-12-20-7-2-4-10-23(20)24;/h1-4,6-7,9-10,13,21H,5,8,11-12,14-18H2,(H,27,28);1H/t21-;/m1./s1. The first-order valence-corrected chi connectivity index (χ1v) is 10.6. The van der Waals surface area contributed by atoms with Gasteiger partial charge in [0.15, 0.2) is 0 Å². The van der Waals surface area contributed by atoms with Gasteiger partial charge in [-0.15, -0.1) is 12.4 Å². The van der Waals surface area contributed by atoms with E-state index >= 15 is 0 Å². The summed E-state index contributed by atoms with van der Waals surface area (Å²) >= 11 is 0. The molecule has 4 nitrogen and oxygen atoms in total. The van der Waals surface area contributed by atoms with Gasteiger partial charge in [0.2, 0.25) is 0 Å². The van der Waals surface area contributed by atoms with Crippen molar-refractivity contribution in [3.05, 3.63) is 76.9 Å². The van der Waals surface area contributed by atoms with Crippen molar-refractivity contribution in [3.8, 4) is 0 Å². The van der Waals surface area contributed by atoms with E-state index in [-0.39, 0.29) is 18.3 Å². The van der Waals surface area contributed by atoms with Gasteiger partial charge in [0, 0.05) is 13.1 Å². The molecule has 1 atom stereocenters. The van der Waals surface area contributed by atoms with E-state index in [0.717, 1.165) is 38.8 Å². The summed E-state index contributed by atoms with van der Waals surface area (Å²) in [6.45, 7) is 3.59. The maximum atomic E-state index is 11.2. The second-order valence-electron chi connectivity index (χ2n) is 7.99. The van der Waals surface area contributed by atoms with E-state index in [0.29, 0.717) is 19.8 Å². The number of rotatable bonds is 6. The highest BCUT2D eigenvalue weighted by Crippen LogP contribution is 2.33. The first-order valence-electron chi connectivity index (χ1n) is 10.6. The van der Waals surface area contributed by atoms with Gasteiger partial charge in [-0.05, 0) is 60.1 Å². The van der Waals surface area contributed by atoms with Crippen molar-refractivity contribution < 1.29 is 14.6 Å². The molecule has 5 heteroatoms. The van der Waals surface area contributed by atoms with E-state index in [9.17, 15) is 9.90 Å². The molecule has 1 heterocycles. The number of hydrogen-bond donors (Lipinski definition) is 1. The number of aryl methyl sites for hydroxylation is 2. The number of aliphatic carboxylic acids is 1. The van der Waals surface area contributed by atoms with Crippen LogP contribution in [0.5, 0.6) is 0 Å². The quantitative estimate of drug-likeness (QED) is 0.692. The highest BCUT2D eigenvalue weighted by molar-refractivity contribution is 5.85. The molecule has 4 rings (SSSR count). The Balaban J connectivity index is 0.00000256. The summed E-state index contributed by atoms with van der Waals surface area (Å²) < 4.78 is 5.94. The Hall–Kier alpha value is -2.14. The van der Waals surface area contributed by atoms with Crippen molar-refractivity contribution in [1.29, 1.82) is 0 Å². The number of halogens is 1. The molecule has 30 heavy (non-hydrogen) atoms. The Kier molecular flexibility index (Phi) is 8.08. The molecule has 0 amide bonds. The molecule has 160 valence electrons. The number of piperidine rings is 1. The molecule has 1 aliphatic heterocycles. The molecular weight excluding hydrogens is 398 g/mol. The average molecular weight is 428 g/mol. The summed E-state index contributed by atoms with van der Waals surface area (Å²) in [5, 5.41) is 9.23. The van der Waals surface area contributed by atoms with Crippen LogP contribution in [-0.4, -0.2) is 48.8 Å². The Morgan fingerprint density at radius 1 is 1.07 bits per heavy atom. The monoisotopic (exact) mass is 427 g/mol. The minimum absolute atomic E-state index is 0. The Morgan fingerprint density at radius 3 is 2.33 bits per heavy atom. The number of fused-ring (bicyclic) bond motifs is 2. The Morgan fingerprint density at radius 2 is 1.70 bits per heavy atom. The third-order valence-corrected chi connectivity index (χ3v) is 6.09. The lowest BCUT2D eigenvalue weighted by Crippen LogP contribution is -2.40. The summed E-state index contributed by atoms with van der Waals surface area (Å²) in [5.74, 6) is -0.907. The van der Waals surface area contributed by atoms with Crippen molar-refractivity contribution in [2.75, 3.05) is 32.8 Å². The lowest BCUT2D eigenvalue weighted by molar-refractivity contribution is -0.143. The zero-order valence-electron chi connectivity index (χ0n) is 17.3. The molecule has 0 unspecified atom stereocenters. The summed E-state index contributed by atoms with van der Waals surface area (Å²) in [6, 6.07) is 17.3. The number of ether oxygens (including phenoxy) is 1. The fraction of sp³-hybridized carbons (Fsp3) is 0.400. The lowest BCUT2D eigenvalue weighted by Gasteiger charge is -2.30. The SMILES string of the molecule is Cl.O=C(O)[C@@H]1CCCN(CCOCC=C2c3ccccc3CCc3ccccc32)C1. The van der Waals surface area contributed by atoms with Gasteiger partial charge < -0.3 is 14.7 Å².